The first-order valence-corrected chi connectivity index (χ1v) is 7.59. The van der Waals surface area contributed by atoms with Crippen molar-refractivity contribution in [2.75, 3.05) is 5.32 Å². The smallest absolute Gasteiger partial charge is 0.228 e. The Morgan fingerprint density at radius 1 is 1.21 bits per heavy atom. The fraction of sp³-hybridized carbons (Fsp3) is 0.733. The van der Waals surface area contributed by atoms with Crippen molar-refractivity contribution in [1.29, 1.82) is 0 Å². The molecule has 0 saturated heterocycles. The molecule has 0 atom stereocenters. The van der Waals surface area contributed by atoms with Gasteiger partial charge >= 0.3 is 0 Å². The lowest BCUT2D eigenvalue weighted by Crippen LogP contribution is -2.28. The second-order valence-corrected chi connectivity index (χ2v) is 6.03. The average molecular weight is 261 g/mol. The van der Waals surface area contributed by atoms with Crippen LogP contribution in [0.25, 0.3) is 0 Å². The number of aromatic nitrogens is 2. The normalized spacial score (nSPS) is 21.1. The highest BCUT2D eigenvalue weighted by Crippen LogP contribution is 2.33. The van der Waals surface area contributed by atoms with Crippen molar-refractivity contribution in [2.24, 2.45) is 13.0 Å². The maximum atomic E-state index is 11.9. The summed E-state index contributed by atoms with van der Waals surface area (Å²) in [6.45, 7) is 0. The molecule has 1 aromatic heterocycles. The van der Waals surface area contributed by atoms with Crippen LogP contribution >= 0.6 is 0 Å². The van der Waals surface area contributed by atoms with E-state index in [0.717, 1.165) is 18.7 Å². The van der Waals surface area contributed by atoms with Gasteiger partial charge in [0.15, 0.2) is 5.82 Å². The molecule has 3 rings (SSSR count). The highest BCUT2D eigenvalue weighted by atomic mass is 16.2. The molecular weight excluding hydrogens is 238 g/mol. The van der Waals surface area contributed by atoms with Gasteiger partial charge in [-0.05, 0) is 25.7 Å². The van der Waals surface area contributed by atoms with Gasteiger partial charge in [-0.2, -0.15) is 5.10 Å². The van der Waals surface area contributed by atoms with E-state index in [1.54, 1.807) is 0 Å². The molecule has 1 aromatic rings. The van der Waals surface area contributed by atoms with Gasteiger partial charge in [0.05, 0.1) is 0 Å². The number of hydrogen-bond acceptors (Lipinski definition) is 2. The second kappa shape index (κ2) is 5.35. The number of nitrogens with one attached hydrogen (secondary N) is 1. The molecule has 2 aliphatic carbocycles. The van der Waals surface area contributed by atoms with Gasteiger partial charge in [0, 0.05) is 30.6 Å². The zero-order valence-corrected chi connectivity index (χ0v) is 11.7. The number of carbonyl (C=O) groups excluding carboxylic acids is 1. The Morgan fingerprint density at radius 2 is 1.95 bits per heavy atom. The second-order valence-electron chi connectivity index (χ2n) is 6.03. The number of carbonyl (C=O) groups is 1. The largest absolute Gasteiger partial charge is 0.309 e. The van der Waals surface area contributed by atoms with Gasteiger partial charge in [-0.15, -0.1) is 0 Å². The average Bonchev–Trinajstić information content (AvgIpc) is 2.69. The molecule has 1 N–H and O–H groups in total. The van der Waals surface area contributed by atoms with Gasteiger partial charge in [0.1, 0.15) is 0 Å². The Balaban J connectivity index is 1.67. The Kier molecular flexibility index (Phi) is 3.58. The predicted molar refractivity (Wildman–Crippen MR) is 75.0 cm³/mol. The molecule has 1 amide bonds. The fourth-order valence-corrected chi connectivity index (χ4v) is 3.22. The summed E-state index contributed by atoms with van der Waals surface area (Å²) < 4.78 is 1.95. The lowest BCUT2D eigenvalue weighted by atomic mass is 9.85. The maximum Gasteiger partial charge on any atom is 0.228 e. The van der Waals surface area contributed by atoms with E-state index in [9.17, 15) is 4.79 Å². The molecule has 4 heteroatoms. The summed E-state index contributed by atoms with van der Waals surface area (Å²) >= 11 is 0. The van der Waals surface area contributed by atoms with E-state index in [4.69, 9.17) is 0 Å². The van der Waals surface area contributed by atoms with E-state index in [0.29, 0.717) is 5.92 Å². The van der Waals surface area contributed by atoms with Crippen molar-refractivity contribution in [1.82, 2.24) is 9.78 Å². The van der Waals surface area contributed by atoms with Crippen LogP contribution in [0.3, 0.4) is 0 Å². The SMILES string of the molecule is Cn1nc(NC(=O)C2CCC2)cc1C1CCCCC1. The minimum atomic E-state index is 0.152. The lowest BCUT2D eigenvalue weighted by molar-refractivity contribution is -0.122. The first-order chi connectivity index (χ1) is 9.24. The minimum absolute atomic E-state index is 0.152. The van der Waals surface area contributed by atoms with Gasteiger partial charge < -0.3 is 5.32 Å². The van der Waals surface area contributed by atoms with E-state index in [1.807, 2.05) is 11.7 Å². The monoisotopic (exact) mass is 261 g/mol. The molecular formula is C15H23N3O. The minimum Gasteiger partial charge on any atom is -0.309 e. The van der Waals surface area contributed by atoms with Crippen molar-refractivity contribution in [3.8, 4) is 0 Å². The summed E-state index contributed by atoms with van der Waals surface area (Å²) in [4.78, 5) is 11.9. The standard InChI is InChI=1S/C15H23N3O/c1-18-13(11-6-3-2-4-7-11)10-14(17-18)16-15(19)12-8-5-9-12/h10-12H,2-9H2,1H3,(H,16,17,19). The molecule has 2 saturated carbocycles. The van der Waals surface area contributed by atoms with Gasteiger partial charge in [-0.1, -0.05) is 25.7 Å². The van der Waals surface area contributed by atoms with E-state index in [1.165, 1.54) is 44.2 Å². The number of amides is 1. The van der Waals surface area contributed by atoms with Gasteiger partial charge in [-0.25, -0.2) is 0 Å². The van der Waals surface area contributed by atoms with Crippen molar-refractivity contribution < 1.29 is 4.79 Å². The number of aryl methyl sites for hydroxylation is 1. The summed E-state index contributed by atoms with van der Waals surface area (Å²) in [5, 5.41) is 7.42. The molecule has 2 aliphatic rings. The van der Waals surface area contributed by atoms with Crippen molar-refractivity contribution in [3.05, 3.63) is 11.8 Å². The summed E-state index contributed by atoms with van der Waals surface area (Å²) in [7, 11) is 1.99. The van der Waals surface area contributed by atoms with Crippen LogP contribution < -0.4 is 5.32 Å². The lowest BCUT2D eigenvalue weighted by Gasteiger charge is -2.23. The van der Waals surface area contributed by atoms with Crippen LogP contribution in [0.5, 0.6) is 0 Å². The fourth-order valence-electron chi connectivity index (χ4n) is 3.22. The highest BCUT2D eigenvalue weighted by Gasteiger charge is 2.26. The van der Waals surface area contributed by atoms with Crippen molar-refractivity contribution >= 4 is 11.7 Å². The summed E-state index contributed by atoms with van der Waals surface area (Å²) in [6.07, 6.45) is 9.78. The molecule has 19 heavy (non-hydrogen) atoms. The van der Waals surface area contributed by atoms with E-state index < -0.39 is 0 Å². The molecule has 0 unspecified atom stereocenters. The molecule has 0 radical (unpaired) electrons. The van der Waals surface area contributed by atoms with Crippen LogP contribution in [0.4, 0.5) is 5.82 Å². The maximum absolute atomic E-state index is 11.9. The van der Waals surface area contributed by atoms with Crippen LogP contribution in [0.1, 0.15) is 63.0 Å². The zero-order valence-electron chi connectivity index (χ0n) is 11.7. The third kappa shape index (κ3) is 2.67. The summed E-state index contributed by atoms with van der Waals surface area (Å²) in [5.41, 5.74) is 1.28. The van der Waals surface area contributed by atoms with Crippen LogP contribution in [-0.4, -0.2) is 15.7 Å². The van der Waals surface area contributed by atoms with E-state index in [2.05, 4.69) is 16.5 Å². The molecule has 0 aromatic carbocycles. The zero-order chi connectivity index (χ0) is 13.2. The molecule has 104 valence electrons. The first-order valence-electron chi connectivity index (χ1n) is 7.59. The topological polar surface area (TPSA) is 46.9 Å². The number of nitrogens with zero attached hydrogens (tertiary/aromatic N) is 2. The first kappa shape index (κ1) is 12.7. The van der Waals surface area contributed by atoms with E-state index >= 15 is 0 Å². The van der Waals surface area contributed by atoms with Crippen LogP contribution in [0.2, 0.25) is 0 Å². The van der Waals surface area contributed by atoms with Crippen molar-refractivity contribution in [2.45, 2.75) is 57.3 Å². The van der Waals surface area contributed by atoms with Crippen molar-refractivity contribution in [3.63, 3.8) is 0 Å². The van der Waals surface area contributed by atoms with E-state index in [-0.39, 0.29) is 11.8 Å². The third-order valence-corrected chi connectivity index (χ3v) is 4.67. The third-order valence-electron chi connectivity index (χ3n) is 4.67. The van der Waals surface area contributed by atoms with Crippen LogP contribution in [0, 0.1) is 5.92 Å². The summed E-state index contributed by atoms with van der Waals surface area (Å²) in [5.74, 6) is 1.74. The molecule has 1 heterocycles. The number of hydrogen-bond donors (Lipinski definition) is 1. The Hall–Kier alpha value is -1.32. The number of anilines is 1. The molecule has 2 fully saturated rings. The molecule has 0 bridgehead atoms. The van der Waals surface area contributed by atoms with Gasteiger partial charge in [0.2, 0.25) is 5.91 Å². The Morgan fingerprint density at radius 3 is 2.58 bits per heavy atom. The molecule has 0 aliphatic heterocycles. The van der Waals surface area contributed by atoms with Gasteiger partial charge in [-0.3, -0.25) is 9.48 Å². The van der Waals surface area contributed by atoms with Gasteiger partial charge in [0.25, 0.3) is 0 Å². The quantitative estimate of drug-likeness (QED) is 0.908. The Labute approximate surface area is 114 Å². The number of rotatable bonds is 3. The van der Waals surface area contributed by atoms with Crippen LogP contribution in [-0.2, 0) is 11.8 Å². The van der Waals surface area contributed by atoms with Crippen LogP contribution in [0.15, 0.2) is 6.07 Å². The Bertz CT molecular complexity index is 456. The molecule has 0 spiro atoms. The highest BCUT2D eigenvalue weighted by molar-refractivity contribution is 5.92. The molecule has 4 nitrogen and oxygen atoms in total. The predicted octanol–water partition coefficient (Wildman–Crippen LogP) is 3.21. The summed E-state index contributed by atoms with van der Waals surface area (Å²) in [6, 6.07) is 2.08.